The van der Waals surface area contributed by atoms with Crippen molar-refractivity contribution < 1.29 is 4.79 Å². The van der Waals surface area contributed by atoms with Crippen LogP contribution in [0.15, 0.2) is 78.2 Å². The van der Waals surface area contributed by atoms with Gasteiger partial charge in [-0.2, -0.15) is 0 Å². The van der Waals surface area contributed by atoms with Crippen LogP contribution >= 0.6 is 11.8 Å². The summed E-state index contributed by atoms with van der Waals surface area (Å²) >= 11 is 1.44. The van der Waals surface area contributed by atoms with Crippen molar-refractivity contribution in [3.05, 3.63) is 84.2 Å². The smallest absolute Gasteiger partial charge is 0.240 e. The van der Waals surface area contributed by atoms with Crippen LogP contribution in [0, 0.1) is 6.92 Å². The summed E-state index contributed by atoms with van der Waals surface area (Å²) < 4.78 is 2.04. The molecular weight excluding hydrogens is 430 g/mol. The van der Waals surface area contributed by atoms with Gasteiger partial charge in [-0.25, -0.2) is 0 Å². The number of carbonyl (C=O) groups excluding carboxylic acids is 1. The van der Waals surface area contributed by atoms with Gasteiger partial charge >= 0.3 is 0 Å². The number of para-hydroxylation sites is 2. The first-order valence-electron chi connectivity index (χ1n) is 11.0. The largest absolute Gasteiger partial charge is 0.308 e. The number of nitrogens with zero attached hydrogens (tertiary/aromatic N) is 5. The first-order valence-corrected chi connectivity index (χ1v) is 11.9. The molecule has 3 heterocycles. The van der Waals surface area contributed by atoms with Crippen LogP contribution in [-0.2, 0) is 11.2 Å². The zero-order valence-electron chi connectivity index (χ0n) is 18.8. The summed E-state index contributed by atoms with van der Waals surface area (Å²) in [4.78, 5) is 19.6. The van der Waals surface area contributed by atoms with E-state index in [1.807, 2.05) is 58.9 Å². The number of carbonyl (C=O) groups is 1. The summed E-state index contributed by atoms with van der Waals surface area (Å²) in [5.74, 6) is 0.816. The number of pyridine rings is 1. The van der Waals surface area contributed by atoms with Crippen LogP contribution in [0.3, 0.4) is 0 Å². The van der Waals surface area contributed by atoms with Gasteiger partial charge in [0, 0.05) is 29.7 Å². The maximum absolute atomic E-state index is 13.6. The molecule has 2 atom stereocenters. The Balaban J connectivity index is 1.51. The molecule has 0 saturated carbocycles. The van der Waals surface area contributed by atoms with Crippen molar-refractivity contribution in [1.29, 1.82) is 0 Å². The zero-order valence-corrected chi connectivity index (χ0v) is 19.7. The SMILES string of the molecule is Cc1ccccc1-n1c(S[C@H](C)C(=O)N2c3ccccc3C[C@@H]2C)nnc1-c1ccncc1. The lowest BCUT2D eigenvalue weighted by molar-refractivity contribution is -0.118. The Morgan fingerprint density at radius 3 is 2.45 bits per heavy atom. The molecule has 1 aliphatic heterocycles. The van der Waals surface area contributed by atoms with Gasteiger partial charge in [0.1, 0.15) is 0 Å². The van der Waals surface area contributed by atoms with Crippen LogP contribution < -0.4 is 4.90 Å². The molecule has 2 aromatic carbocycles. The van der Waals surface area contributed by atoms with Gasteiger partial charge < -0.3 is 4.90 Å². The van der Waals surface area contributed by atoms with Gasteiger partial charge in [-0.3, -0.25) is 14.3 Å². The minimum atomic E-state index is -0.323. The molecule has 0 aliphatic carbocycles. The third kappa shape index (κ3) is 3.93. The first-order chi connectivity index (χ1) is 16.0. The molecule has 0 fully saturated rings. The Morgan fingerprint density at radius 2 is 1.70 bits per heavy atom. The Kier molecular flexibility index (Phi) is 5.72. The standard InChI is InChI=1S/C26H25N5OS/c1-17-8-4-6-10-22(17)31-24(20-12-14-27-15-13-20)28-29-26(31)33-19(3)25(32)30-18(2)16-21-9-5-7-11-23(21)30/h4-15,18-19H,16H2,1-3H3/t18-,19+/m0/s1. The summed E-state index contributed by atoms with van der Waals surface area (Å²) in [6.07, 6.45) is 4.37. The Hall–Kier alpha value is -3.45. The summed E-state index contributed by atoms with van der Waals surface area (Å²) in [5.41, 5.74) is 5.26. The van der Waals surface area contributed by atoms with E-state index in [9.17, 15) is 4.79 Å². The molecule has 0 N–H and O–H groups in total. The van der Waals surface area contributed by atoms with Gasteiger partial charge in [0.15, 0.2) is 11.0 Å². The number of fused-ring (bicyclic) bond motifs is 1. The Labute approximate surface area is 197 Å². The summed E-state index contributed by atoms with van der Waals surface area (Å²) in [6.45, 7) is 6.12. The molecule has 2 aromatic heterocycles. The third-order valence-electron chi connectivity index (χ3n) is 6.00. The Bertz CT molecular complexity index is 1300. The van der Waals surface area contributed by atoms with E-state index in [-0.39, 0.29) is 17.2 Å². The minimum Gasteiger partial charge on any atom is -0.308 e. The molecule has 33 heavy (non-hydrogen) atoms. The normalized spacial score (nSPS) is 16.0. The zero-order chi connectivity index (χ0) is 22.9. The van der Waals surface area contributed by atoms with Crippen molar-refractivity contribution in [2.75, 3.05) is 4.90 Å². The Morgan fingerprint density at radius 1 is 1.00 bits per heavy atom. The fourth-order valence-corrected chi connectivity index (χ4v) is 5.28. The highest BCUT2D eigenvalue weighted by Gasteiger charge is 2.34. The lowest BCUT2D eigenvalue weighted by atomic mass is 10.1. The van der Waals surface area contributed by atoms with Crippen LogP contribution in [0.4, 0.5) is 5.69 Å². The molecule has 0 radical (unpaired) electrons. The topological polar surface area (TPSA) is 63.9 Å². The van der Waals surface area contributed by atoms with Crippen molar-refractivity contribution in [2.24, 2.45) is 0 Å². The highest BCUT2D eigenvalue weighted by atomic mass is 32.2. The molecule has 0 saturated heterocycles. The van der Waals surface area contributed by atoms with Crippen LogP contribution in [0.5, 0.6) is 0 Å². The summed E-state index contributed by atoms with van der Waals surface area (Å²) in [5, 5.41) is 9.38. The van der Waals surface area contributed by atoms with Gasteiger partial charge in [-0.15, -0.1) is 10.2 Å². The van der Waals surface area contributed by atoms with Crippen LogP contribution in [0.25, 0.3) is 17.1 Å². The second-order valence-corrected chi connectivity index (χ2v) is 9.62. The molecule has 1 aliphatic rings. The number of thioether (sulfide) groups is 1. The molecule has 0 unspecified atom stereocenters. The number of hydrogen-bond donors (Lipinski definition) is 0. The number of rotatable bonds is 5. The van der Waals surface area contributed by atoms with Gasteiger partial charge in [0.05, 0.1) is 10.9 Å². The average Bonchev–Trinajstić information content (AvgIpc) is 3.39. The second-order valence-electron chi connectivity index (χ2n) is 8.31. The van der Waals surface area contributed by atoms with Crippen LogP contribution in [0.1, 0.15) is 25.0 Å². The van der Waals surface area contributed by atoms with Gasteiger partial charge in [0.25, 0.3) is 0 Å². The molecule has 7 heteroatoms. The van der Waals surface area contributed by atoms with E-state index < -0.39 is 0 Å². The number of aryl methyl sites for hydroxylation is 1. The molecule has 5 rings (SSSR count). The minimum absolute atomic E-state index is 0.0854. The lowest BCUT2D eigenvalue weighted by Crippen LogP contribution is -2.40. The number of amides is 1. The number of hydrogen-bond acceptors (Lipinski definition) is 5. The van der Waals surface area contributed by atoms with E-state index in [1.165, 1.54) is 17.3 Å². The van der Waals surface area contributed by atoms with Crippen molar-refractivity contribution in [2.45, 2.75) is 43.6 Å². The van der Waals surface area contributed by atoms with Gasteiger partial charge in [-0.05, 0) is 62.6 Å². The summed E-state index contributed by atoms with van der Waals surface area (Å²) in [6, 6.07) is 20.3. The van der Waals surface area contributed by atoms with Crippen molar-refractivity contribution in [3.63, 3.8) is 0 Å². The van der Waals surface area contributed by atoms with E-state index in [1.54, 1.807) is 12.4 Å². The average molecular weight is 456 g/mol. The van der Waals surface area contributed by atoms with Crippen LogP contribution in [0.2, 0.25) is 0 Å². The highest BCUT2D eigenvalue weighted by Crippen LogP contribution is 2.36. The van der Waals surface area contributed by atoms with Gasteiger partial charge in [-0.1, -0.05) is 48.2 Å². The molecule has 6 nitrogen and oxygen atoms in total. The molecule has 0 spiro atoms. The summed E-state index contributed by atoms with van der Waals surface area (Å²) in [7, 11) is 0. The number of benzene rings is 2. The second kappa shape index (κ2) is 8.83. The maximum atomic E-state index is 13.6. The lowest BCUT2D eigenvalue weighted by Gasteiger charge is -2.25. The van der Waals surface area contributed by atoms with Crippen molar-refractivity contribution >= 4 is 23.4 Å². The highest BCUT2D eigenvalue weighted by molar-refractivity contribution is 8.00. The molecule has 0 bridgehead atoms. The maximum Gasteiger partial charge on any atom is 0.240 e. The van der Waals surface area contributed by atoms with E-state index in [0.29, 0.717) is 5.16 Å². The van der Waals surface area contributed by atoms with Crippen molar-refractivity contribution in [1.82, 2.24) is 19.7 Å². The van der Waals surface area contributed by atoms with Crippen molar-refractivity contribution in [3.8, 4) is 17.1 Å². The number of aromatic nitrogens is 4. The molecule has 166 valence electrons. The third-order valence-corrected chi connectivity index (χ3v) is 7.03. The fourth-order valence-electron chi connectivity index (χ4n) is 4.37. The molecule has 4 aromatic rings. The predicted octanol–water partition coefficient (Wildman–Crippen LogP) is 5.10. The van der Waals surface area contributed by atoms with E-state index in [4.69, 9.17) is 0 Å². The monoisotopic (exact) mass is 455 g/mol. The molecule has 1 amide bonds. The first kappa shape index (κ1) is 21.4. The fraction of sp³-hybridized carbons (Fsp3) is 0.231. The van der Waals surface area contributed by atoms with E-state index >= 15 is 0 Å². The predicted molar refractivity (Wildman–Crippen MR) is 132 cm³/mol. The van der Waals surface area contributed by atoms with Gasteiger partial charge in [0.2, 0.25) is 5.91 Å². The molecular formula is C26H25N5OS. The quantitative estimate of drug-likeness (QED) is 0.392. The van der Waals surface area contributed by atoms with Crippen LogP contribution in [-0.4, -0.2) is 36.9 Å². The van der Waals surface area contributed by atoms with E-state index in [0.717, 1.165) is 34.7 Å². The number of anilines is 1. The van der Waals surface area contributed by atoms with E-state index in [2.05, 4.69) is 47.2 Å².